The number of imidazole rings is 1. The van der Waals surface area contributed by atoms with E-state index in [1.165, 1.54) is 12.8 Å². The fourth-order valence-electron chi connectivity index (χ4n) is 2.90. The molecule has 5 heteroatoms. The molecule has 0 spiro atoms. The molecule has 3 rings (SSSR count). The van der Waals surface area contributed by atoms with Crippen LogP contribution in [-0.4, -0.2) is 22.3 Å². The number of alkyl halides is 1. The van der Waals surface area contributed by atoms with E-state index < -0.39 is 0 Å². The number of halogens is 1. The third-order valence-corrected chi connectivity index (χ3v) is 4.26. The summed E-state index contributed by atoms with van der Waals surface area (Å²) >= 11 is 6.02. The first-order chi connectivity index (χ1) is 10.3. The van der Waals surface area contributed by atoms with Gasteiger partial charge in [0.15, 0.2) is 0 Å². The standard InChI is InChI=1S/C16H18ClN3O/c17-10-16-19-14-5-4-12(11-18)9-15(14)20(16)7-6-13-3-1-2-8-21-13/h4-5,9,13H,1-3,6-8,10H2. The molecule has 1 fully saturated rings. The van der Waals surface area contributed by atoms with Gasteiger partial charge in [-0.05, 0) is 43.9 Å². The van der Waals surface area contributed by atoms with E-state index in [1.54, 1.807) is 6.07 Å². The van der Waals surface area contributed by atoms with Crippen LogP contribution in [-0.2, 0) is 17.2 Å². The second-order valence-electron chi connectivity index (χ2n) is 5.41. The number of aromatic nitrogens is 2. The van der Waals surface area contributed by atoms with E-state index in [0.29, 0.717) is 17.5 Å². The number of nitrogens with zero attached hydrogens (tertiary/aromatic N) is 3. The second kappa shape index (κ2) is 6.46. The average Bonchev–Trinajstić information content (AvgIpc) is 2.90. The van der Waals surface area contributed by atoms with Gasteiger partial charge in [-0.25, -0.2) is 4.98 Å². The van der Waals surface area contributed by atoms with Crippen LogP contribution in [0, 0.1) is 11.3 Å². The summed E-state index contributed by atoms with van der Waals surface area (Å²) in [6.07, 6.45) is 4.84. The van der Waals surface area contributed by atoms with Gasteiger partial charge in [-0.3, -0.25) is 0 Å². The Bertz CT molecular complexity index is 668. The number of nitriles is 1. The van der Waals surface area contributed by atoms with Crippen LogP contribution in [0.5, 0.6) is 0 Å². The van der Waals surface area contributed by atoms with Gasteiger partial charge < -0.3 is 9.30 Å². The number of ether oxygens (including phenoxy) is 1. The predicted molar refractivity (Wildman–Crippen MR) is 82.2 cm³/mol. The van der Waals surface area contributed by atoms with Crippen molar-refractivity contribution in [1.29, 1.82) is 5.26 Å². The Labute approximate surface area is 129 Å². The van der Waals surface area contributed by atoms with E-state index in [-0.39, 0.29) is 0 Å². The molecule has 21 heavy (non-hydrogen) atoms. The van der Waals surface area contributed by atoms with Crippen molar-refractivity contribution in [2.45, 2.75) is 44.2 Å². The number of benzene rings is 1. The molecule has 0 saturated carbocycles. The van der Waals surface area contributed by atoms with Crippen LogP contribution < -0.4 is 0 Å². The van der Waals surface area contributed by atoms with Crippen LogP contribution in [0.4, 0.5) is 0 Å². The molecule has 2 aromatic rings. The zero-order chi connectivity index (χ0) is 14.7. The molecule has 1 unspecified atom stereocenters. The van der Waals surface area contributed by atoms with E-state index in [0.717, 1.165) is 42.9 Å². The lowest BCUT2D eigenvalue weighted by atomic mass is 10.1. The van der Waals surface area contributed by atoms with Crippen molar-refractivity contribution < 1.29 is 4.74 Å². The molecule has 1 aliphatic heterocycles. The lowest BCUT2D eigenvalue weighted by Crippen LogP contribution is -2.21. The highest BCUT2D eigenvalue weighted by Gasteiger charge is 2.16. The molecule has 2 heterocycles. The summed E-state index contributed by atoms with van der Waals surface area (Å²) in [5.41, 5.74) is 2.54. The first-order valence-corrected chi connectivity index (χ1v) is 7.92. The summed E-state index contributed by atoms with van der Waals surface area (Å²) in [6.45, 7) is 1.70. The topological polar surface area (TPSA) is 50.8 Å². The number of aryl methyl sites for hydroxylation is 1. The van der Waals surface area contributed by atoms with Crippen LogP contribution in [0.1, 0.15) is 37.1 Å². The van der Waals surface area contributed by atoms with E-state index in [9.17, 15) is 0 Å². The first kappa shape index (κ1) is 14.4. The number of fused-ring (bicyclic) bond motifs is 1. The van der Waals surface area contributed by atoms with Crippen LogP contribution in [0.2, 0.25) is 0 Å². The van der Waals surface area contributed by atoms with E-state index >= 15 is 0 Å². The maximum Gasteiger partial charge on any atom is 0.124 e. The summed E-state index contributed by atoms with van der Waals surface area (Å²) in [5, 5.41) is 9.06. The van der Waals surface area contributed by atoms with Gasteiger partial charge in [0.1, 0.15) is 5.82 Å². The molecule has 0 aliphatic carbocycles. The van der Waals surface area contributed by atoms with Crippen molar-refractivity contribution in [3.8, 4) is 6.07 Å². The fraction of sp³-hybridized carbons (Fsp3) is 0.500. The van der Waals surface area contributed by atoms with E-state index in [2.05, 4.69) is 15.6 Å². The largest absolute Gasteiger partial charge is 0.378 e. The Morgan fingerprint density at radius 1 is 1.43 bits per heavy atom. The molecular weight excluding hydrogens is 286 g/mol. The van der Waals surface area contributed by atoms with Gasteiger partial charge in [-0.2, -0.15) is 5.26 Å². The summed E-state index contributed by atoms with van der Waals surface area (Å²) in [5.74, 6) is 1.24. The highest BCUT2D eigenvalue weighted by Crippen LogP contribution is 2.22. The lowest BCUT2D eigenvalue weighted by Gasteiger charge is -2.23. The number of hydrogen-bond acceptors (Lipinski definition) is 3. The Kier molecular flexibility index (Phi) is 4.42. The SMILES string of the molecule is N#Cc1ccc2nc(CCl)n(CCC3CCCCO3)c2c1. The van der Waals surface area contributed by atoms with Crippen LogP contribution in [0.25, 0.3) is 11.0 Å². The summed E-state index contributed by atoms with van der Waals surface area (Å²) in [7, 11) is 0. The molecule has 0 bridgehead atoms. The second-order valence-corrected chi connectivity index (χ2v) is 5.67. The third kappa shape index (κ3) is 3.04. The van der Waals surface area contributed by atoms with Gasteiger partial charge in [0.05, 0.1) is 34.7 Å². The van der Waals surface area contributed by atoms with E-state index in [4.69, 9.17) is 21.6 Å². The van der Waals surface area contributed by atoms with Crippen molar-refractivity contribution in [2.75, 3.05) is 6.61 Å². The van der Waals surface area contributed by atoms with Crippen molar-refractivity contribution in [3.63, 3.8) is 0 Å². The smallest absolute Gasteiger partial charge is 0.124 e. The molecule has 4 nitrogen and oxygen atoms in total. The van der Waals surface area contributed by atoms with Crippen LogP contribution >= 0.6 is 11.6 Å². The van der Waals surface area contributed by atoms with Gasteiger partial charge in [0.2, 0.25) is 0 Å². The molecule has 1 atom stereocenters. The van der Waals surface area contributed by atoms with Gasteiger partial charge in [0.25, 0.3) is 0 Å². The molecule has 1 aliphatic rings. The molecular formula is C16H18ClN3O. The molecule has 0 N–H and O–H groups in total. The first-order valence-electron chi connectivity index (χ1n) is 7.38. The van der Waals surface area contributed by atoms with Crippen LogP contribution in [0.15, 0.2) is 18.2 Å². The van der Waals surface area contributed by atoms with Gasteiger partial charge >= 0.3 is 0 Å². The molecule has 1 aromatic heterocycles. The van der Waals surface area contributed by atoms with Gasteiger partial charge in [-0.1, -0.05) is 0 Å². The zero-order valence-electron chi connectivity index (χ0n) is 11.9. The maximum absolute atomic E-state index is 9.06. The predicted octanol–water partition coefficient (Wildman–Crippen LogP) is 3.61. The van der Waals surface area contributed by atoms with Crippen LogP contribution in [0.3, 0.4) is 0 Å². The number of hydrogen-bond donors (Lipinski definition) is 0. The average molecular weight is 304 g/mol. The number of rotatable bonds is 4. The van der Waals surface area contributed by atoms with Crippen molar-refractivity contribution in [1.82, 2.24) is 9.55 Å². The summed E-state index contributed by atoms with van der Waals surface area (Å²) < 4.78 is 7.91. The van der Waals surface area contributed by atoms with Crippen molar-refractivity contribution in [3.05, 3.63) is 29.6 Å². The highest BCUT2D eigenvalue weighted by atomic mass is 35.5. The Hall–Kier alpha value is -1.57. The Balaban J connectivity index is 1.86. The Morgan fingerprint density at radius 2 is 2.33 bits per heavy atom. The maximum atomic E-state index is 9.06. The van der Waals surface area contributed by atoms with Gasteiger partial charge in [-0.15, -0.1) is 11.6 Å². The normalized spacial score (nSPS) is 18.8. The quantitative estimate of drug-likeness (QED) is 0.811. The highest BCUT2D eigenvalue weighted by molar-refractivity contribution is 6.16. The summed E-state index contributed by atoms with van der Waals surface area (Å²) in [4.78, 5) is 4.55. The summed E-state index contributed by atoms with van der Waals surface area (Å²) in [6, 6.07) is 7.75. The van der Waals surface area contributed by atoms with Crippen molar-refractivity contribution >= 4 is 22.6 Å². The molecule has 110 valence electrons. The lowest BCUT2D eigenvalue weighted by molar-refractivity contribution is 0.00889. The third-order valence-electron chi connectivity index (χ3n) is 4.02. The zero-order valence-corrected chi connectivity index (χ0v) is 12.6. The monoisotopic (exact) mass is 303 g/mol. The molecule has 1 aromatic carbocycles. The molecule has 0 amide bonds. The molecule has 1 saturated heterocycles. The van der Waals surface area contributed by atoms with Gasteiger partial charge in [0, 0.05) is 13.2 Å². The van der Waals surface area contributed by atoms with E-state index in [1.807, 2.05) is 12.1 Å². The molecule has 0 radical (unpaired) electrons. The minimum Gasteiger partial charge on any atom is -0.378 e. The Morgan fingerprint density at radius 3 is 3.05 bits per heavy atom. The minimum absolute atomic E-state index is 0.332. The van der Waals surface area contributed by atoms with Crippen molar-refractivity contribution in [2.24, 2.45) is 0 Å². The minimum atomic E-state index is 0.332. The fourth-order valence-corrected chi connectivity index (χ4v) is 3.11.